The molecule has 1 atom stereocenters. The smallest absolute Gasteiger partial charge is 0.378 e. The van der Waals surface area contributed by atoms with Gasteiger partial charge in [0.25, 0.3) is 5.91 Å². The Morgan fingerprint density at radius 3 is 2.56 bits per heavy atom. The Morgan fingerprint density at radius 1 is 1.32 bits per heavy atom. The van der Waals surface area contributed by atoms with Gasteiger partial charge in [-0.3, -0.25) is 4.79 Å². The quantitative estimate of drug-likeness (QED) is 0.916. The van der Waals surface area contributed by atoms with Crippen molar-refractivity contribution in [3.8, 4) is 0 Å². The van der Waals surface area contributed by atoms with E-state index in [9.17, 15) is 23.1 Å². The second-order valence-corrected chi connectivity index (χ2v) is 6.07. The fourth-order valence-corrected chi connectivity index (χ4v) is 2.87. The van der Waals surface area contributed by atoms with E-state index in [1.807, 2.05) is 6.92 Å². The van der Waals surface area contributed by atoms with Gasteiger partial charge in [0.2, 0.25) is 0 Å². The molecule has 1 aromatic carbocycles. The third-order valence-corrected chi connectivity index (χ3v) is 4.19. The van der Waals surface area contributed by atoms with Crippen LogP contribution in [0.4, 0.5) is 13.2 Å². The highest BCUT2D eigenvalue weighted by molar-refractivity contribution is 5.82. The van der Waals surface area contributed by atoms with Crippen LogP contribution in [0.3, 0.4) is 0 Å². The van der Waals surface area contributed by atoms with E-state index in [0.29, 0.717) is 18.9 Å². The number of alkyl halides is 3. The van der Waals surface area contributed by atoms with Crippen LogP contribution in [0.5, 0.6) is 0 Å². The number of benzene rings is 1. The number of aliphatic hydroxyl groups excluding tert-OH is 1. The van der Waals surface area contributed by atoms with E-state index < -0.39 is 23.8 Å². The number of aromatic nitrogens is 3. The predicted molar refractivity (Wildman–Crippen MR) is 81.5 cm³/mol. The molecule has 1 aliphatic rings. The molecule has 0 bridgehead atoms. The number of amides is 1. The first-order chi connectivity index (χ1) is 11.7. The Labute approximate surface area is 141 Å². The summed E-state index contributed by atoms with van der Waals surface area (Å²) in [5.74, 6) is 0.740. The molecule has 0 aliphatic carbocycles. The van der Waals surface area contributed by atoms with Crippen LogP contribution in [-0.2, 0) is 11.0 Å². The Morgan fingerprint density at radius 2 is 2.00 bits per heavy atom. The van der Waals surface area contributed by atoms with E-state index >= 15 is 0 Å². The molecule has 1 N–H and O–H groups in total. The Balaban J connectivity index is 1.67. The van der Waals surface area contributed by atoms with Gasteiger partial charge < -0.3 is 10.0 Å². The molecule has 6 nitrogen and oxygen atoms in total. The monoisotopic (exact) mass is 354 g/mol. The van der Waals surface area contributed by atoms with E-state index in [2.05, 4.69) is 10.1 Å². The number of likely N-dealkylation sites (tertiary alicyclic amines) is 1. The number of hydrogen-bond donors (Lipinski definition) is 1. The van der Waals surface area contributed by atoms with Crippen LogP contribution in [0.2, 0.25) is 0 Å². The zero-order valence-corrected chi connectivity index (χ0v) is 13.7. The average molecular weight is 354 g/mol. The third kappa shape index (κ3) is 3.37. The molecule has 1 aliphatic heterocycles. The van der Waals surface area contributed by atoms with Crippen molar-refractivity contribution in [3.63, 3.8) is 0 Å². The van der Waals surface area contributed by atoms with E-state index in [1.165, 1.54) is 17.0 Å². The van der Waals surface area contributed by atoms with Crippen LogP contribution in [-0.4, -0.2) is 43.8 Å². The largest absolute Gasteiger partial charge is 0.416 e. The maximum atomic E-state index is 12.8. The normalized spacial score (nSPS) is 16.6. The van der Waals surface area contributed by atoms with Gasteiger partial charge >= 0.3 is 6.18 Å². The van der Waals surface area contributed by atoms with Crippen molar-refractivity contribution in [1.29, 1.82) is 0 Å². The van der Waals surface area contributed by atoms with Crippen LogP contribution >= 0.6 is 0 Å². The van der Waals surface area contributed by atoms with Crippen molar-refractivity contribution in [2.75, 3.05) is 13.1 Å². The number of hydrogen-bond acceptors (Lipinski definition) is 4. The van der Waals surface area contributed by atoms with Gasteiger partial charge in [0.1, 0.15) is 11.6 Å². The fraction of sp³-hybridized carbons (Fsp3) is 0.438. The van der Waals surface area contributed by atoms with Crippen molar-refractivity contribution >= 4 is 5.91 Å². The number of aliphatic hydroxyl groups is 1. The van der Waals surface area contributed by atoms with E-state index in [0.717, 1.165) is 18.0 Å². The zero-order chi connectivity index (χ0) is 18.4. The summed E-state index contributed by atoms with van der Waals surface area (Å²) in [6.45, 7) is 4.24. The predicted octanol–water partition coefficient (Wildman–Crippen LogP) is 2.03. The van der Waals surface area contributed by atoms with Crippen LogP contribution in [0, 0.1) is 13.8 Å². The lowest BCUT2D eigenvalue weighted by Crippen LogP contribution is -2.52. The highest BCUT2D eigenvalue weighted by atomic mass is 19.4. The van der Waals surface area contributed by atoms with Crippen LogP contribution in [0.25, 0.3) is 0 Å². The molecule has 1 saturated heterocycles. The summed E-state index contributed by atoms with van der Waals surface area (Å²) >= 11 is 0. The number of halogens is 3. The molecule has 1 unspecified atom stereocenters. The topological polar surface area (TPSA) is 71.2 Å². The molecule has 0 saturated carbocycles. The standard InChI is InChI=1S/C16H17F3N4O2/c1-9-20-10(2)23(21-9)13-7-22(8-13)15(25)14(24)11-4-3-5-12(6-11)16(17,18)19/h3-6,13-14,24H,7-8H2,1-2H3. The minimum Gasteiger partial charge on any atom is -0.378 e. The first-order valence-electron chi connectivity index (χ1n) is 7.70. The third-order valence-electron chi connectivity index (χ3n) is 4.19. The fourth-order valence-electron chi connectivity index (χ4n) is 2.87. The van der Waals surface area contributed by atoms with Gasteiger partial charge in [-0.25, -0.2) is 9.67 Å². The van der Waals surface area contributed by atoms with Gasteiger partial charge in [-0.15, -0.1) is 0 Å². The molecular formula is C16H17F3N4O2. The second kappa shape index (κ2) is 6.14. The van der Waals surface area contributed by atoms with Crippen molar-refractivity contribution < 1.29 is 23.1 Å². The van der Waals surface area contributed by atoms with Crippen LogP contribution in [0.1, 0.15) is 34.9 Å². The molecule has 0 radical (unpaired) electrons. The number of aryl methyl sites for hydroxylation is 2. The lowest BCUT2D eigenvalue weighted by Gasteiger charge is -2.40. The molecule has 2 aromatic rings. The Bertz CT molecular complexity index is 797. The SMILES string of the molecule is Cc1nc(C)n(C2CN(C(=O)C(O)c3cccc(C(F)(F)F)c3)C2)n1. The molecule has 1 fully saturated rings. The first kappa shape index (κ1) is 17.4. The molecule has 3 rings (SSSR count). The molecule has 9 heteroatoms. The lowest BCUT2D eigenvalue weighted by molar-refractivity contribution is -0.147. The number of carbonyl (C=O) groups excluding carboxylic acids is 1. The van der Waals surface area contributed by atoms with Gasteiger partial charge in [-0.2, -0.15) is 18.3 Å². The number of rotatable bonds is 3. The Hall–Kier alpha value is -2.42. The summed E-state index contributed by atoms with van der Waals surface area (Å²) < 4.78 is 40.0. The molecule has 0 spiro atoms. The summed E-state index contributed by atoms with van der Waals surface area (Å²) in [5, 5.41) is 14.4. The molecular weight excluding hydrogens is 337 g/mol. The summed E-state index contributed by atoms with van der Waals surface area (Å²) in [6.07, 6.45) is -6.15. The van der Waals surface area contributed by atoms with Gasteiger partial charge in [-0.1, -0.05) is 12.1 Å². The Kier molecular flexibility index (Phi) is 4.28. The van der Waals surface area contributed by atoms with Gasteiger partial charge in [-0.05, 0) is 31.5 Å². The minimum atomic E-state index is -4.52. The van der Waals surface area contributed by atoms with Gasteiger partial charge in [0.05, 0.1) is 11.6 Å². The average Bonchev–Trinajstić information content (AvgIpc) is 2.82. The molecule has 134 valence electrons. The van der Waals surface area contributed by atoms with Crippen molar-refractivity contribution in [3.05, 3.63) is 47.0 Å². The van der Waals surface area contributed by atoms with Crippen LogP contribution in [0.15, 0.2) is 24.3 Å². The van der Waals surface area contributed by atoms with Crippen molar-refractivity contribution in [1.82, 2.24) is 19.7 Å². The molecule has 1 amide bonds. The molecule has 25 heavy (non-hydrogen) atoms. The number of nitrogens with zero attached hydrogens (tertiary/aromatic N) is 4. The van der Waals surface area contributed by atoms with E-state index in [1.54, 1.807) is 11.6 Å². The molecule has 2 heterocycles. The van der Waals surface area contributed by atoms with Crippen LogP contribution < -0.4 is 0 Å². The first-order valence-corrected chi connectivity index (χ1v) is 7.70. The highest BCUT2D eigenvalue weighted by Crippen LogP contribution is 2.32. The lowest BCUT2D eigenvalue weighted by atomic mass is 10.0. The maximum absolute atomic E-state index is 12.8. The summed E-state index contributed by atoms with van der Waals surface area (Å²) in [4.78, 5) is 17.9. The second-order valence-electron chi connectivity index (χ2n) is 6.07. The minimum absolute atomic E-state index is 0.0427. The van der Waals surface area contributed by atoms with E-state index in [-0.39, 0.29) is 11.6 Å². The van der Waals surface area contributed by atoms with Crippen molar-refractivity contribution in [2.24, 2.45) is 0 Å². The highest BCUT2D eigenvalue weighted by Gasteiger charge is 2.37. The van der Waals surface area contributed by atoms with Gasteiger partial charge in [0, 0.05) is 13.1 Å². The number of carbonyl (C=O) groups is 1. The summed E-state index contributed by atoms with van der Waals surface area (Å²) in [7, 11) is 0. The zero-order valence-electron chi connectivity index (χ0n) is 13.7. The van der Waals surface area contributed by atoms with Gasteiger partial charge in [0.15, 0.2) is 6.10 Å². The summed E-state index contributed by atoms with van der Waals surface area (Å²) in [5.41, 5.74) is -0.969. The maximum Gasteiger partial charge on any atom is 0.416 e. The molecule has 1 aromatic heterocycles. The summed E-state index contributed by atoms with van der Waals surface area (Å²) in [6, 6.07) is 4.13. The van der Waals surface area contributed by atoms with Crippen molar-refractivity contribution in [2.45, 2.75) is 32.2 Å². The van der Waals surface area contributed by atoms with E-state index in [4.69, 9.17) is 0 Å².